The number of hydrogen-bond acceptors (Lipinski definition) is 3. The van der Waals surface area contributed by atoms with E-state index >= 15 is 0 Å². The van der Waals surface area contributed by atoms with Crippen LogP contribution in [0, 0.1) is 11.3 Å². The van der Waals surface area contributed by atoms with Gasteiger partial charge < -0.3 is 9.42 Å². The lowest BCUT2D eigenvalue weighted by Gasteiger charge is -2.36. The van der Waals surface area contributed by atoms with Crippen LogP contribution in [0.15, 0.2) is 4.52 Å². The molecule has 1 aliphatic heterocycles. The van der Waals surface area contributed by atoms with Crippen LogP contribution in [0.4, 0.5) is 0 Å². The van der Waals surface area contributed by atoms with Gasteiger partial charge in [-0.2, -0.15) is 0 Å². The van der Waals surface area contributed by atoms with Crippen molar-refractivity contribution in [2.75, 3.05) is 6.54 Å². The number of aryl methyl sites for hydroxylation is 1. The zero-order chi connectivity index (χ0) is 16.6. The third-order valence-corrected chi connectivity index (χ3v) is 5.83. The van der Waals surface area contributed by atoms with Crippen LogP contribution >= 0.6 is 0 Å². The van der Waals surface area contributed by atoms with Crippen molar-refractivity contribution >= 4 is 5.91 Å². The highest BCUT2D eigenvalue weighted by Crippen LogP contribution is 2.38. The van der Waals surface area contributed by atoms with Crippen LogP contribution in [0.2, 0.25) is 0 Å². The van der Waals surface area contributed by atoms with Gasteiger partial charge in [-0.3, -0.25) is 4.79 Å². The number of carbonyl (C=O) groups excluding carboxylic acids is 1. The fourth-order valence-electron chi connectivity index (χ4n) is 4.14. The van der Waals surface area contributed by atoms with Crippen LogP contribution in [-0.4, -0.2) is 28.6 Å². The molecule has 0 bridgehead atoms. The molecule has 1 aromatic heterocycles. The summed E-state index contributed by atoms with van der Waals surface area (Å²) in [4.78, 5) is 15.1. The van der Waals surface area contributed by atoms with E-state index in [4.69, 9.17) is 4.52 Å². The molecule has 2 aliphatic rings. The maximum absolute atomic E-state index is 13.1. The number of hydrogen-bond donors (Lipinski definition) is 0. The highest BCUT2D eigenvalue weighted by Gasteiger charge is 2.36. The Bertz CT molecular complexity index is 570. The van der Waals surface area contributed by atoms with Crippen molar-refractivity contribution in [2.45, 2.75) is 78.7 Å². The molecular weight excluding hydrogens is 288 g/mol. The average Bonchev–Trinajstić information content (AvgIpc) is 2.96. The molecular formula is C19H30N2O2. The van der Waals surface area contributed by atoms with Gasteiger partial charge in [0.1, 0.15) is 5.76 Å². The normalized spacial score (nSPS) is 25.3. The van der Waals surface area contributed by atoms with Gasteiger partial charge in [-0.25, -0.2) is 0 Å². The number of rotatable bonds is 2. The maximum Gasteiger partial charge on any atom is 0.276 e. The molecule has 3 rings (SSSR count). The predicted octanol–water partition coefficient (Wildman–Crippen LogP) is 4.23. The average molecular weight is 318 g/mol. The molecule has 0 aromatic carbocycles. The van der Waals surface area contributed by atoms with Crippen LogP contribution in [0.25, 0.3) is 0 Å². The zero-order valence-corrected chi connectivity index (χ0v) is 15.0. The van der Waals surface area contributed by atoms with Gasteiger partial charge in [0.25, 0.3) is 5.91 Å². The third-order valence-electron chi connectivity index (χ3n) is 5.83. The topological polar surface area (TPSA) is 46.3 Å². The SMILES string of the molecule is CC[C@@H]1CCCCN1C(=O)c1noc2c1C[C@H](C(C)(C)C)CC2. The predicted molar refractivity (Wildman–Crippen MR) is 90.4 cm³/mol. The first kappa shape index (κ1) is 16.5. The summed E-state index contributed by atoms with van der Waals surface area (Å²) in [5.74, 6) is 1.62. The molecule has 23 heavy (non-hydrogen) atoms. The molecule has 0 unspecified atom stereocenters. The summed E-state index contributed by atoms with van der Waals surface area (Å²) in [6.07, 6.45) is 7.44. The van der Waals surface area contributed by atoms with Crippen LogP contribution in [0.5, 0.6) is 0 Å². The lowest BCUT2D eigenvalue weighted by molar-refractivity contribution is 0.0596. The number of amides is 1. The van der Waals surface area contributed by atoms with Gasteiger partial charge >= 0.3 is 0 Å². The lowest BCUT2D eigenvalue weighted by atomic mass is 9.71. The summed E-state index contributed by atoms with van der Waals surface area (Å²) in [6.45, 7) is 9.89. The van der Waals surface area contributed by atoms with E-state index in [0.29, 0.717) is 17.7 Å². The summed E-state index contributed by atoms with van der Waals surface area (Å²) in [6, 6.07) is 0.366. The van der Waals surface area contributed by atoms with Gasteiger partial charge in [0, 0.05) is 24.6 Å². The first-order valence-electron chi connectivity index (χ1n) is 9.20. The van der Waals surface area contributed by atoms with E-state index in [1.165, 1.54) is 6.42 Å². The number of aromatic nitrogens is 1. The van der Waals surface area contributed by atoms with Crippen molar-refractivity contribution in [1.82, 2.24) is 10.1 Å². The van der Waals surface area contributed by atoms with Crippen LogP contribution in [0.1, 0.15) is 81.6 Å². The number of nitrogens with zero attached hydrogens (tertiary/aromatic N) is 2. The maximum atomic E-state index is 13.1. The molecule has 128 valence electrons. The van der Waals surface area contributed by atoms with E-state index in [-0.39, 0.29) is 11.3 Å². The molecule has 0 radical (unpaired) electrons. The minimum absolute atomic E-state index is 0.0936. The Morgan fingerprint density at radius 2 is 2.09 bits per heavy atom. The standard InChI is InChI=1S/C19H30N2O2/c1-5-14-8-6-7-11-21(14)18(22)17-15-12-13(19(2,3)4)9-10-16(15)23-20-17/h13-14H,5-12H2,1-4H3/t13-,14-/m1/s1. The van der Waals surface area contributed by atoms with E-state index in [1.807, 2.05) is 4.90 Å². The van der Waals surface area contributed by atoms with Crippen LogP contribution in [-0.2, 0) is 12.8 Å². The first-order valence-corrected chi connectivity index (χ1v) is 9.20. The second-order valence-corrected chi connectivity index (χ2v) is 8.30. The molecule has 1 aromatic rings. The van der Waals surface area contributed by atoms with Gasteiger partial charge in [-0.1, -0.05) is 32.9 Å². The molecule has 1 fully saturated rings. The fraction of sp³-hybridized carbons (Fsp3) is 0.789. The Morgan fingerprint density at radius 1 is 1.30 bits per heavy atom. The molecule has 0 spiro atoms. The van der Waals surface area contributed by atoms with Crippen molar-refractivity contribution in [3.8, 4) is 0 Å². The first-order chi connectivity index (χ1) is 10.9. The Hall–Kier alpha value is -1.32. The van der Waals surface area contributed by atoms with Crippen LogP contribution in [0.3, 0.4) is 0 Å². The van der Waals surface area contributed by atoms with Crippen molar-refractivity contribution < 1.29 is 9.32 Å². The van der Waals surface area contributed by atoms with E-state index in [9.17, 15) is 4.79 Å². The van der Waals surface area contributed by atoms with E-state index < -0.39 is 0 Å². The quantitative estimate of drug-likeness (QED) is 0.819. The van der Waals surface area contributed by atoms with E-state index in [2.05, 4.69) is 32.9 Å². The summed E-state index contributed by atoms with van der Waals surface area (Å²) in [5, 5.41) is 4.19. The largest absolute Gasteiger partial charge is 0.360 e. The second kappa shape index (κ2) is 6.29. The Morgan fingerprint density at radius 3 is 2.78 bits per heavy atom. The number of fused-ring (bicyclic) bond motifs is 1. The summed E-state index contributed by atoms with van der Waals surface area (Å²) in [7, 11) is 0. The van der Waals surface area contributed by atoms with Gasteiger partial charge in [0.15, 0.2) is 5.69 Å². The highest BCUT2D eigenvalue weighted by molar-refractivity contribution is 5.94. The van der Waals surface area contributed by atoms with Gasteiger partial charge in [-0.15, -0.1) is 0 Å². The molecule has 0 saturated carbocycles. The molecule has 1 aliphatic carbocycles. The molecule has 2 atom stereocenters. The number of piperidine rings is 1. The summed E-state index contributed by atoms with van der Waals surface area (Å²) < 4.78 is 5.53. The van der Waals surface area contributed by atoms with Gasteiger partial charge in [0.2, 0.25) is 0 Å². The zero-order valence-electron chi connectivity index (χ0n) is 15.0. The minimum atomic E-state index is 0.0936. The lowest BCUT2D eigenvalue weighted by Crippen LogP contribution is -2.44. The van der Waals surface area contributed by atoms with Crippen molar-refractivity contribution in [3.05, 3.63) is 17.0 Å². The molecule has 4 heteroatoms. The van der Waals surface area contributed by atoms with E-state index in [1.54, 1.807) is 0 Å². The Labute approximate surface area is 139 Å². The fourth-order valence-corrected chi connectivity index (χ4v) is 4.14. The molecule has 1 amide bonds. The summed E-state index contributed by atoms with van der Waals surface area (Å²) in [5.41, 5.74) is 1.93. The number of likely N-dealkylation sites (tertiary alicyclic amines) is 1. The molecule has 4 nitrogen and oxygen atoms in total. The van der Waals surface area contributed by atoms with Gasteiger partial charge in [-0.05, 0) is 49.9 Å². The molecule has 0 N–H and O–H groups in total. The van der Waals surface area contributed by atoms with Crippen molar-refractivity contribution in [1.29, 1.82) is 0 Å². The Kier molecular flexibility index (Phi) is 4.52. The van der Waals surface area contributed by atoms with Crippen LogP contribution < -0.4 is 0 Å². The van der Waals surface area contributed by atoms with E-state index in [0.717, 1.165) is 56.4 Å². The molecule has 1 saturated heterocycles. The Balaban J connectivity index is 1.84. The monoisotopic (exact) mass is 318 g/mol. The number of carbonyl (C=O) groups is 1. The molecule has 2 heterocycles. The third kappa shape index (κ3) is 3.17. The van der Waals surface area contributed by atoms with Crippen molar-refractivity contribution in [2.24, 2.45) is 11.3 Å². The highest BCUT2D eigenvalue weighted by atomic mass is 16.5. The summed E-state index contributed by atoms with van der Waals surface area (Å²) >= 11 is 0. The second-order valence-electron chi connectivity index (χ2n) is 8.30. The minimum Gasteiger partial charge on any atom is -0.360 e. The smallest absolute Gasteiger partial charge is 0.276 e. The van der Waals surface area contributed by atoms with Gasteiger partial charge in [0.05, 0.1) is 0 Å². The van der Waals surface area contributed by atoms with Crippen molar-refractivity contribution in [3.63, 3.8) is 0 Å².